The topological polar surface area (TPSA) is 115 Å². The summed E-state index contributed by atoms with van der Waals surface area (Å²) in [5.41, 5.74) is 0.337. The van der Waals surface area contributed by atoms with Crippen molar-refractivity contribution in [2.75, 3.05) is 0 Å². The van der Waals surface area contributed by atoms with Crippen molar-refractivity contribution in [2.24, 2.45) is 5.92 Å². The lowest BCUT2D eigenvalue weighted by molar-refractivity contribution is -0.139. The minimum atomic E-state index is -1.01. The van der Waals surface area contributed by atoms with Crippen molar-refractivity contribution in [3.8, 4) is 5.75 Å². The van der Waals surface area contributed by atoms with Gasteiger partial charge in [-0.25, -0.2) is 4.79 Å². The Kier molecular flexibility index (Phi) is 4.45. The van der Waals surface area contributed by atoms with Crippen molar-refractivity contribution < 1.29 is 24.0 Å². The Morgan fingerprint density at radius 3 is 2.88 bits per heavy atom. The smallest absolute Gasteiger partial charge is 0.326 e. The van der Waals surface area contributed by atoms with Crippen LogP contribution in [0.2, 0.25) is 0 Å². The van der Waals surface area contributed by atoms with E-state index in [4.69, 9.17) is 9.26 Å². The first kappa shape index (κ1) is 16.0. The number of aryl methyl sites for hydroxylation is 1. The Balaban J connectivity index is 1.63. The van der Waals surface area contributed by atoms with Gasteiger partial charge in [0.2, 0.25) is 11.7 Å². The minimum absolute atomic E-state index is 0.0207. The highest BCUT2D eigenvalue weighted by Crippen LogP contribution is 2.33. The molecule has 0 aliphatic heterocycles. The Labute approximate surface area is 137 Å². The Morgan fingerprint density at radius 1 is 1.46 bits per heavy atom. The number of hydrogen-bond acceptors (Lipinski definition) is 6. The maximum Gasteiger partial charge on any atom is 0.326 e. The number of carboxylic acid groups (broad SMARTS) is 1. The number of nitrogens with zero attached hydrogens (tertiary/aromatic N) is 2. The molecule has 1 aliphatic carbocycles. The second-order valence-electron chi connectivity index (χ2n) is 5.67. The minimum Gasteiger partial charge on any atom is -0.485 e. The van der Waals surface area contributed by atoms with Crippen LogP contribution in [0.15, 0.2) is 28.8 Å². The molecule has 2 aromatic rings. The average molecular weight is 331 g/mol. The third kappa shape index (κ3) is 3.89. The second kappa shape index (κ2) is 6.69. The number of amides is 1. The lowest BCUT2D eigenvalue weighted by Gasteiger charge is -2.14. The number of aromatic nitrogens is 2. The van der Waals surface area contributed by atoms with E-state index in [1.165, 1.54) is 0 Å². The molecule has 126 valence electrons. The van der Waals surface area contributed by atoms with Gasteiger partial charge in [-0.05, 0) is 37.0 Å². The molecule has 1 atom stereocenters. The summed E-state index contributed by atoms with van der Waals surface area (Å²) in [5, 5.41) is 15.5. The number of hydrogen-bond donors (Lipinski definition) is 2. The Bertz CT molecular complexity index is 754. The monoisotopic (exact) mass is 331 g/mol. The molecule has 3 rings (SSSR count). The Morgan fingerprint density at radius 2 is 2.25 bits per heavy atom. The maximum atomic E-state index is 12.3. The van der Waals surface area contributed by atoms with Gasteiger partial charge >= 0.3 is 5.97 Å². The number of aliphatic carboxylic acids is 1. The fourth-order valence-corrected chi connectivity index (χ4v) is 2.31. The maximum absolute atomic E-state index is 12.3. The molecule has 1 aliphatic rings. The summed E-state index contributed by atoms with van der Waals surface area (Å²) in [6, 6.07) is 5.67. The van der Waals surface area contributed by atoms with Crippen LogP contribution >= 0.6 is 0 Å². The fourth-order valence-electron chi connectivity index (χ4n) is 2.31. The second-order valence-corrected chi connectivity index (χ2v) is 5.67. The van der Waals surface area contributed by atoms with Crippen LogP contribution in [-0.4, -0.2) is 33.2 Å². The van der Waals surface area contributed by atoms with E-state index in [2.05, 4.69) is 15.5 Å². The van der Waals surface area contributed by atoms with Crippen LogP contribution in [0.4, 0.5) is 0 Å². The van der Waals surface area contributed by atoms with E-state index >= 15 is 0 Å². The number of carbonyl (C=O) groups excluding carboxylic acids is 1. The summed E-state index contributed by atoms with van der Waals surface area (Å²) in [5.74, 6) is -0.111. The number of carbonyl (C=O) groups is 2. The standard InChI is InChI=1S/C16H17N3O5/c1-9-17-13(19-24-9)8-23-12-4-2-3-11(7-12)15(20)18-14(16(21)22)10-5-6-10/h2-4,7,10,14H,5-6,8H2,1H3,(H,18,20)(H,21,22). The largest absolute Gasteiger partial charge is 0.485 e. The lowest BCUT2D eigenvalue weighted by atomic mass is 10.1. The summed E-state index contributed by atoms with van der Waals surface area (Å²) >= 11 is 0. The van der Waals surface area contributed by atoms with Crippen LogP contribution in [-0.2, 0) is 11.4 Å². The van der Waals surface area contributed by atoms with Gasteiger partial charge in [0.05, 0.1) is 0 Å². The van der Waals surface area contributed by atoms with Gasteiger partial charge < -0.3 is 19.7 Å². The summed E-state index contributed by atoms with van der Waals surface area (Å²) in [6.07, 6.45) is 1.65. The summed E-state index contributed by atoms with van der Waals surface area (Å²) < 4.78 is 10.4. The SMILES string of the molecule is Cc1nc(COc2cccc(C(=O)NC(C(=O)O)C3CC3)c2)no1. The number of carboxylic acids is 1. The van der Waals surface area contributed by atoms with Crippen LogP contribution in [0, 0.1) is 12.8 Å². The predicted molar refractivity (Wildman–Crippen MR) is 81.4 cm³/mol. The van der Waals surface area contributed by atoms with Gasteiger partial charge in [0.1, 0.15) is 11.8 Å². The van der Waals surface area contributed by atoms with Gasteiger partial charge in [-0.2, -0.15) is 4.98 Å². The van der Waals surface area contributed by atoms with Crippen molar-refractivity contribution in [1.82, 2.24) is 15.5 Å². The van der Waals surface area contributed by atoms with Crippen LogP contribution in [0.25, 0.3) is 0 Å². The van der Waals surface area contributed by atoms with Gasteiger partial charge in [-0.15, -0.1) is 0 Å². The van der Waals surface area contributed by atoms with E-state index < -0.39 is 17.9 Å². The van der Waals surface area contributed by atoms with Gasteiger partial charge in [-0.3, -0.25) is 4.79 Å². The molecule has 8 heteroatoms. The first-order valence-corrected chi connectivity index (χ1v) is 7.58. The van der Waals surface area contributed by atoms with Gasteiger partial charge in [0.15, 0.2) is 6.61 Å². The normalized spacial score (nSPS) is 14.9. The molecular weight excluding hydrogens is 314 g/mol. The fraction of sp³-hybridized carbons (Fsp3) is 0.375. The van der Waals surface area contributed by atoms with Crippen molar-refractivity contribution in [3.63, 3.8) is 0 Å². The molecule has 0 saturated heterocycles. The highest BCUT2D eigenvalue weighted by Gasteiger charge is 2.37. The highest BCUT2D eigenvalue weighted by molar-refractivity contribution is 5.97. The molecule has 0 radical (unpaired) electrons. The molecule has 0 spiro atoms. The van der Waals surface area contributed by atoms with E-state index in [0.29, 0.717) is 23.0 Å². The highest BCUT2D eigenvalue weighted by atomic mass is 16.5. The molecule has 2 N–H and O–H groups in total. The third-order valence-electron chi connectivity index (χ3n) is 3.68. The summed E-state index contributed by atoms with van der Waals surface area (Å²) in [4.78, 5) is 27.5. The number of nitrogens with one attached hydrogen (secondary N) is 1. The van der Waals surface area contributed by atoms with Crippen molar-refractivity contribution in [2.45, 2.75) is 32.4 Å². The zero-order chi connectivity index (χ0) is 17.1. The molecule has 1 aromatic heterocycles. The van der Waals surface area contributed by atoms with Crippen LogP contribution in [0.3, 0.4) is 0 Å². The van der Waals surface area contributed by atoms with Gasteiger partial charge in [0.25, 0.3) is 5.91 Å². The van der Waals surface area contributed by atoms with E-state index in [0.717, 1.165) is 12.8 Å². The molecule has 8 nitrogen and oxygen atoms in total. The quantitative estimate of drug-likeness (QED) is 0.791. The number of rotatable bonds is 7. The van der Waals surface area contributed by atoms with E-state index in [1.807, 2.05) is 0 Å². The van der Waals surface area contributed by atoms with E-state index in [-0.39, 0.29) is 12.5 Å². The van der Waals surface area contributed by atoms with Crippen molar-refractivity contribution in [1.29, 1.82) is 0 Å². The molecular formula is C16H17N3O5. The molecule has 1 aromatic carbocycles. The van der Waals surface area contributed by atoms with Crippen molar-refractivity contribution >= 4 is 11.9 Å². The average Bonchev–Trinajstić information content (AvgIpc) is 3.32. The third-order valence-corrected chi connectivity index (χ3v) is 3.68. The Hall–Kier alpha value is -2.90. The van der Waals surface area contributed by atoms with Crippen LogP contribution in [0.5, 0.6) is 5.75 Å². The molecule has 1 amide bonds. The summed E-state index contributed by atoms with van der Waals surface area (Å²) in [7, 11) is 0. The molecule has 24 heavy (non-hydrogen) atoms. The van der Waals surface area contributed by atoms with Crippen molar-refractivity contribution in [3.05, 3.63) is 41.5 Å². The number of benzene rings is 1. The zero-order valence-electron chi connectivity index (χ0n) is 13.1. The van der Waals surface area contributed by atoms with Crippen LogP contribution in [0.1, 0.15) is 34.9 Å². The molecule has 1 heterocycles. The molecule has 0 bridgehead atoms. The van der Waals surface area contributed by atoms with Gasteiger partial charge in [0, 0.05) is 12.5 Å². The molecule has 1 saturated carbocycles. The number of ether oxygens (including phenoxy) is 1. The van der Waals surface area contributed by atoms with E-state index in [1.54, 1.807) is 31.2 Å². The van der Waals surface area contributed by atoms with Gasteiger partial charge in [-0.1, -0.05) is 11.2 Å². The van der Waals surface area contributed by atoms with E-state index in [9.17, 15) is 14.7 Å². The molecule has 1 unspecified atom stereocenters. The molecule has 1 fully saturated rings. The summed E-state index contributed by atoms with van der Waals surface area (Å²) in [6.45, 7) is 1.79. The lowest BCUT2D eigenvalue weighted by Crippen LogP contribution is -2.42. The van der Waals surface area contributed by atoms with Crippen LogP contribution < -0.4 is 10.1 Å². The first-order chi connectivity index (χ1) is 11.5. The zero-order valence-corrected chi connectivity index (χ0v) is 13.1. The predicted octanol–water partition coefficient (Wildman–Crippen LogP) is 1.55. The first-order valence-electron chi connectivity index (χ1n) is 7.58.